The third-order valence-electron chi connectivity index (χ3n) is 2.75. The van der Waals surface area contributed by atoms with E-state index >= 15 is 0 Å². The molecule has 0 saturated carbocycles. The minimum atomic E-state index is -0.262. The van der Waals surface area contributed by atoms with Gasteiger partial charge in [0, 0.05) is 5.56 Å². The van der Waals surface area contributed by atoms with Gasteiger partial charge in [-0.2, -0.15) is 0 Å². The summed E-state index contributed by atoms with van der Waals surface area (Å²) in [4.78, 5) is 0. The summed E-state index contributed by atoms with van der Waals surface area (Å²) in [7, 11) is 0. The molecule has 2 nitrogen and oxygen atoms in total. The van der Waals surface area contributed by atoms with Gasteiger partial charge in [0.05, 0.1) is 6.04 Å². The lowest BCUT2D eigenvalue weighted by atomic mass is 10.0. The molecule has 1 heterocycles. The van der Waals surface area contributed by atoms with Gasteiger partial charge in [-0.25, -0.2) is 4.39 Å². The molecule has 2 aromatic rings. The number of hydrogen-bond donors (Lipinski definition) is 1. The molecule has 1 aromatic carbocycles. The molecule has 18 heavy (non-hydrogen) atoms. The highest BCUT2D eigenvalue weighted by atomic mass is 79.9. The van der Waals surface area contributed by atoms with Gasteiger partial charge in [-0.05, 0) is 53.2 Å². The molecule has 0 spiro atoms. The first-order valence-electron chi connectivity index (χ1n) is 5.86. The maximum atomic E-state index is 14.0. The van der Waals surface area contributed by atoms with Crippen LogP contribution >= 0.6 is 15.9 Å². The second-order valence-electron chi connectivity index (χ2n) is 4.16. The zero-order valence-electron chi connectivity index (χ0n) is 10.3. The van der Waals surface area contributed by atoms with E-state index in [1.54, 1.807) is 6.07 Å². The maximum absolute atomic E-state index is 14.0. The van der Waals surface area contributed by atoms with Gasteiger partial charge >= 0.3 is 0 Å². The average molecular weight is 312 g/mol. The Morgan fingerprint density at radius 1 is 1.33 bits per heavy atom. The van der Waals surface area contributed by atoms with Crippen LogP contribution in [0, 0.1) is 12.7 Å². The Labute approximate surface area is 114 Å². The van der Waals surface area contributed by atoms with Crippen LogP contribution in [0.5, 0.6) is 0 Å². The molecule has 0 aliphatic heterocycles. The van der Waals surface area contributed by atoms with Crippen molar-refractivity contribution in [2.45, 2.75) is 19.9 Å². The van der Waals surface area contributed by atoms with Crippen molar-refractivity contribution in [2.24, 2.45) is 0 Å². The van der Waals surface area contributed by atoms with Crippen molar-refractivity contribution in [3.63, 3.8) is 0 Å². The lowest BCUT2D eigenvalue weighted by molar-refractivity contribution is 0.428. The Bertz CT molecular complexity index is 538. The number of nitrogens with one attached hydrogen (secondary N) is 1. The fourth-order valence-corrected chi connectivity index (χ4v) is 2.24. The molecule has 2 rings (SSSR count). The minimum Gasteiger partial charge on any atom is -0.452 e. The van der Waals surface area contributed by atoms with E-state index in [0.29, 0.717) is 16.0 Å². The lowest BCUT2D eigenvalue weighted by Crippen LogP contribution is -2.22. The second kappa shape index (κ2) is 5.67. The molecule has 0 radical (unpaired) electrons. The van der Waals surface area contributed by atoms with Crippen molar-refractivity contribution in [3.05, 3.63) is 57.7 Å². The van der Waals surface area contributed by atoms with Crippen molar-refractivity contribution in [1.82, 2.24) is 5.32 Å². The van der Waals surface area contributed by atoms with E-state index in [-0.39, 0.29) is 11.9 Å². The molecule has 1 aromatic heterocycles. The molecule has 0 aliphatic rings. The van der Waals surface area contributed by atoms with Gasteiger partial charge in [0.2, 0.25) is 0 Å². The van der Waals surface area contributed by atoms with Gasteiger partial charge in [-0.1, -0.05) is 19.1 Å². The fraction of sp³-hybridized carbons (Fsp3) is 0.286. The summed E-state index contributed by atoms with van der Waals surface area (Å²) in [5, 5.41) is 3.23. The Hall–Kier alpha value is -1.13. The molecule has 4 heteroatoms. The predicted molar refractivity (Wildman–Crippen MR) is 73.1 cm³/mol. The van der Waals surface area contributed by atoms with Gasteiger partial charge in [0.25, 0.3) is 0 Å². The van der Waals surface area contributed by atoms with Crippen LogP contribution in [0.25, 0.3) is 0 Å². The molecule has 1 unspecified atom stereocenters. The van der Waals surface area contributed by atoms with Crippen LogP contribution in [0.2, 0.25) is 0 Å². The summed E-state index contributed by atoms with van der Waals surface area (Å²) in [6.45, 7) is 4.59. The number of rotatable bonds is 4. The standard InChI is InChI=1S/C14H15BrFNO/c1-3-17-14(12-6-7-13(15)18-12)10-5-4-9(2)8-11(10)16/h4-8,14,17H,3H2,1-2H3. The third kappa shape index (κ3) is 2.82. The molecule has 0 saturated heterocycles. The quantitative estimate of drug-likeness (QED) is 0.916. The minimum absolute atomic E-state index is 0.214. The zero-order valence-corrected chi connectivity index (χ0v) is 11.9. The van der Waals surface area contributed by atoms with E-state index in [4.69, 9.17) is 4.42 Å². The van der Waals surface area contributed by atoms with E-state index in [1.807, 2.05) is 32.0 Å². The lowest BCUT2D eigenvalue weighted by Gasteiger charge is -2.17. The largest absolute Gasteiger partial charge is 0.452 e. The van der Waals surface area contributed by atoms with Crippen LogP contribution < -0.4 is 5.32 Å². The number of hydrogen-bond acceptors (Lipinski definition) is 2. The first-order chi connectivity index (χ1) is 8.61. The normalized spacial score (nSPS) is 12.7. The Morgan fingerprint density at radius 2 is 2.11 bits per heavy atom. The van der Waals surface area contributed by atoms with E-state index in [0.717, 1.165) is 12.1 Å². The molecule has 96 valence electrons. The van der Waals surface area contributed by atoms with Crippen molar-refractivity contribution in [1.29, 1.82) is 0 Å². The van der Waals surface area contributed by atoms with Crippen LogP contribution in [-0.4, -0.2) is 6.54 Å². The Balaban J connectivity index is 2.41. The highest BCUT2D eigenvalue weighted by molar-refractivity contribution is 9.10. The summed E-state index contributed by atoms with van der Waals surface area (Å²) in [5.41, 5.74) is 1.51. The number of halogens is 2. The molecular formula is C14H15BrFNO. The summed E-state index contributed by atoms with van der Waals surface area (Å²) < 4.78 is 20.2. The van der Waals surface area contributed by atoms with Gasteiger partial charge in [-0.15, -0.1) is 0 Å². The molecule has 0 aliphatic carbocycles. The SMILES string of the molecule is CCNC(c1ccc(Br)o1)c1ccc(C)cc1F. The van der Waals surface area contributed by atoms with Gasteiger partial charge in [0.15, 0.2) is 4.67 Å². The highest BCUT2D eigenvalue weighted by Gasteiger charge is 2.20. The predicted octanol–water partition coefficient (Wildman–Crippen LogP) is 4.19. The van der Waals surface area contributed by atoms with Crippen LogP contribution in [0.15, 0.2) is 39.4 Å². The highest BCUT2D eigenvalue weighted by Crippen LogP contribution is 2.28. The molecule has 1 N–H and O–H groups in total. The van der Waals surface area contributed by atoms with Crippen LogP contribution in [-0.2, 0) is 0 Å². The monoisotopic (exact) mass is 311 g/mol. The summed E-state index contributed by atoms with van der Waals surface area (Å²) in [6.07, 6.45) is 0. The number of aryl methyl sites for hydroxylation is 1. The first kappa shape index (κ1) is 13.3. The van der Waals surface area contributed by atoms with Crippen molar-refractivity contribution < 1.29 is 8.81 Å². The third-order valence-corrected chi connectivity index (χ3v) is 3.18. The van der Waals surface area contributed by atoms with Crippen LogP contribution in [0.3, 0.4) is 0 Å². The van der Waals surface area contributed by atoms with E-state index in [9.17, 15) is 4.39 Å². The zero-order chi connectivity index (χ0) is 13.1. The van der Waals surface area contributed by atoms with Crippen LogP contribution in [0.4, 0.5) is 4.39 Å². The van der Waals surface area contributed by atoms with E-state index < -0.39 is 0 Å². The molecule has 0 bridgehead atoms. The maximum Gasteiger partial charge on any atom is 0.169 e. The second-order valence-corrected chi connectivity index (χ2v) is 4.94. The number of furan rings is 1. The van der Waals surface area contributed by atoms with Gasteiger partial charge < -0.3 is 9.73 Å². The molecule has 0 fully saturated rings. The van der Waals surface area contributed by atoms with Crippen molar-refractivity contribution in [3.8, 4) is 0 Å². The fourth-order valence-electron chi connectivity index (χ4n) is 1.92. The molecule has 0 amide bonds. The molecular weight excluding hydrogens is 297 g/mol. The topological polar surface area (TPSA) is 25.2 Å². The Kier molecular flexibility index (Phi) is 4.19. The van der Waals surface area contributed by atoms with Crippen molar-refractivity contribution >= 4 is 15.9 Å². The number of benzene rings is 1. The van der Waals surface area contributed by atoms with E-state index in [1.165, 1.54) is 6.07 Å². The average Bonchev–Trinajstić information content (AvgIpc) is 2.73. The van der Waals surface area contributed by atoms with Crippen LogP contribution in [0.1, 0.15) is 29.9 Å². The summed E-state index contributed by atoms with van der Waals surface area (Å²) >= 11 is 3.27. The van der Waals surface area contributed by atoms with Gasteiger partial charge in [-0.3, -0.25) is 0 Å². The molecule has 1 atom stereocenters. The first-order valence-corrected chi connectivity index (χ1v) is 6.65. The van der Waals surface area contributed by atoms with E-state index in [2.05, 4.69) is 21.2 Å². The van der Waals surface area contributed by atoms with Crippen molar-refractivity contribution in [2.75, 3.05) is 6.54 Å². The summed E-state index contributed by atoms with van der Waals surface area (Å²) in [5.74, 6) is 0.486. The van der Waals surface area contributed by atoms with Gasteiger partial charge in [0.1, 0.15) is 11.6 Å². The Morgan fingerprint density at radius 3 is 2.67 bits per heavy atom. The smallest absolute Gasteiger partial charge is 0.169 e. The summed E-state index contributed by atoms with van der Waals surface area (Å²) in [6, 6.07) is 8.64.